The fraction of sp³-hybridized carbons (Fsp3) is 0.600. The maximum absolute atomic E-state index is 12.4. The molecule has 0 aliphatic carbocycles. The van der Waals surface area contributed by atoms with Gasteiger partial charge in [-0.1, -0.05) is 6.92 Å². The van der Waals surface area contributed by atoms with E-state index in [1.807, 2.05) is 19.9 Å². The van der Waals surface area contributed by atoms with Gasteiger partial charge in [0.1, 0.15) is 5.00 Å². The minimum absolute atomic E-state index is 0.0254. The van der Waals surface area contributed by atoms with Crippen LogP contribution in [0.5, 0.6) is 0 Å². The van der Waals surface area contributed by atoms with Crippen LogP contribution in [0.3, 0.4) is 0 Å². The Morgan fingerprint density at radius 2 is 2.24 bits per heavy atom. The number of esters is 1. The molecule has 2 atom stereocenters. The SMILES string of the molecule is CCOC(=O)c1cc(CC)sc1NC(=O)C1CCNC1C. The molecule has 0 spiro atoms. The number of ether oxygens (including phenoxy) is 1. The van der Waals surface area contributed by atoms with Gasteiger partial charge in [-0.25, -0.2) is 4.79 Å². The van der Waals surface area contributed by atoms with Gasteiger partial charge in [-0.3, -0.25) is 4.79 Å². The standard InChI is InChI=1S/C15H22N2O3S/c1-4-10-8-12(15(19)20-5-2)14(21-10)17-13(18)11-6-7-16-9(11)3/h8-9,11,16H,4-7H2,1-3H3,(H,17,18). The van der Waals surface area contributed by atoms with Crippen molar-refractivity contribution in [3.63, 3.8) is 0 Å². The van der Waals surface area contributed by atoms with Crippen LogP contribution < -0.4 is 10.6 Å². The lowest BCUT2D eigenvalue weighted by Gasteiger charge is -2.14. The molecule has 0 radical (unpaired) electrons. The van der Waals surface area contributed by atoms with E-state index < -0.39 is 0 Å². The van der Waals surface area contributed by atoms with Crippen molar-refractivity contribution in [3.05, 3.63) is 16.5 Å². The van der Waals surface area contributed by atoms with Gasteiger partial charge in [0.25, 0.3) is 0 Å². The van der Waals surface area contributed by atoms with Gasteiger partial charge in [-0.05, 0) is 39.3 Å². The molecule has 0 saturated carbocycles. The lowest BCUT2D eigenvalue weighted by molar-refractivity contribution is -0.119. The van der Waals surface area contributed by atoms with E-state index in [0.717, 1.165) is 24.3 Å². The molecule has 0 aromatic carbocycles. The van der Waals surface area contributed by atoms with Crippen LogP contribution in [0.15, 0.2) is 6.07 Å². The predicted molar refractivity (Wildman–Crippen MR) is 83.9 cm³/mol. The highest BCUT2D eigenvalue weighted by atomic mass is 32.1. The van der Waals surface area contributed by atoms with Gasteiger partial charge >= 0.3 is 5.97 Å². The number of rotatable bonds is 5. The molecule has 0 bridgehead atoms. The van der Waals surface area contributed by atoms with Gasteiger partial charge in [0.15, 0.2) is 0 Å². The zero-order chi connectivity index (χ0) is 15.4. The number of hydrogen-bond donors (Lipinski definition) is 2. The highest BCUT2D eigenvalue weighted by Crippen LogP contribution is 2.30. The fourth-order valence-corrected chi connectivity index (χ4v) is 3.48. The third kappa shape index (κ3) is 3.63. The molecule has 1 fully saturated rings. The molecule has 2 unspecified atom stereocenters. The molecule has 1 amide bonds. The van der Waals surface area contributed by atoms with E-state index in [4.69, 9.17) is 4.74 Å². The third-order valence-electron chi connectivity index (χ3n) is 3.73. The monoisotopic (exact) mass is 310 g/mol. The first kappa shape index (κ1) is 16.0. The van der Waals surface area contributed by atoms with Crippen LogP contribution in [-0.2, 0) is 16.0 Å². The molecule has 1 aromatic heterocycles. The van der Waals surface area contributed by atoms with Gasteiger partial charge in [-0.15, -0.1) is 11.3 Å². The third-order valence-corrected chi connectivity index (χ3v) is 4.92. The zero-order valence-electron chi connectivity index (χ0n) is 12.7. The largest absolute Gasteiger partial charge is 0.462 e. The Hall–Kier alpha value is -1.40. The number of hydrogen-bond acceptors (Lipinski definition) is 5. The van der Waals surface area contributed by atoms with E-state index in [1.165, 1.54) is 11.3 Å². The van der Waals surface area contributed by atoms with Crippen molar-refractivity contribution >= 4 is 28.2 Å². The first-order valence-electron chi connectivity index (χ1n) is 7.40. The summed E-state index contributed by atoms with van der Waals surface area (Å²) in [4.78, 5) is 25.4. The molecule has 1 saturated heterocycles. The Labute approximate surface area is 129 Å². The normalized spacial score (nSPS) is 21.3. The topological polar surface area (TPSA) is 67.4 Å². The van der Waals surface area contributed by atoms with Crippen molar-refractivity contribution in [2.75, 3.05) is 18.5 Å². The maximum atomic E-state index is 12.4. The molecule has 5 nitrogen and oxygen atoms in total. The Morgan fingerprint density at radius 1 is 1.48 bits per heavy atom. The minimum Gasteiger partial charge on any atom is -0.462 e. The van der Waals surface area contributed by atoms with E-state index in [9.17, 15) is 9.59 Å². The van der Waals surface area contributed by atoms with Gasteiger partial charge in [0.05, 0.1) is 18.1 Å². The number of amides is 1. The van der Waals surface area contributed by atoms with Crippen molar-refractivity contribution in [1.29, 1.82) is 0 Å². The van der Waals surface area contributed by atoms with Gasteiger partial charge < -0.3 is 15.4 Å². The number of thiophene rings is 1. The van der Waals surface area contributed by atoms with Crippen LogP contribution >= 0.6 is 11.3 Å². The maximum Gasteiger partial charge on any atom is 0.341 e. The summed E-state index contributed by atoms with van der Waals surface area (Å²) in [6, 6.07) is 1.98. The number of nitrogens with one attached hydrogen (secondary N) is 2. The van der Waals surface area contributed by atoms with Crippen LogP contribution in [0.4, 0.5) is 5.00 Å². The molecule has 2 heterocycles. The average molecular weight is 310 g/mol. The van der Waals surface area contributed by atoms with Gasteiger partial charge in [-0.2, -0.15) is 0 Å². The van der Waals surface area contributed by atoms with E-state index in [2.05, 4.69) is 10.6 Å². The van der Waals surface area contributed by atoms with Crippen LogP contribution in [0.1, 0.15) is 42.4 Å². The smallest absolute Gasteiger partial charge is 0.341 e. The summed E-state index contributed by atoms with van der Waals surface area (Å²) in [5.41, 5.74) is 0.464. The highest BCUT2D eigenvalue weighted by molar-refractivity contribution is 7.16. The first-order chi connectivity index (χ1) is 10.1. The fourth-order valence-electron chi connectivity index (χ4n) is 2.49. The highest BCUT2D eigenvalue weighted by Gasteiger charge is 2.30. The van der Waals surface area contributed by atoms with Crippen LogP contribution in [0.2, 0.25) is 0 Å². The first-order valence-corrected chi connectivity index (χ1v) is 8.22. The molecule has 21 heavy (non-hydrogen) atoms. The van der Waals surface area contributed by atoms with Crippen molar-refractivity contribution in [1.82, 2.24) is 5.32 Å². The average Bonchev–Trinajstić information content (AvgIpc) is 3.05. The summed E-state index contributed by atoms with van der Waals surface area (Å²) in [5.74, 6) is -0.448. The Bertz CT molecular complexity index is 527. The van der Waals surface area contributed by atoms with Crippen LogP contribution in [0.25, 0.3) is 0 Å². The van der Waals surface area contributed by atoms with Crippen molar-refractivity contribution in [3.8, 4) is 0 Å². The van der Waals surface area contributed by atoms with E-state index >= 15 is 0 Å². The minimum atomic E-state index is -0.374. The van der Waals surface area contributed by atoms with Gasteiger partial charge in [0.2, 0.25) is 5.91 Å². The van der Waals surface area contributed by atoms with Gasteiger partial charge in [0, 0.05) is 10.9 Å². The number of aryl methyl sites for hydroxylation is 1. The molecule has 1 aliphatic heterocycles. The summed E-state index contributed by atoms with van der Waals surface area (Å²) in [6.07, 6.45) is 1.65. The second kappa shape index (κ2) is 7.04. The second-order valence-electron chi connectivity index (χ2n) is 5.16. The molecule has 116 valence electrons. The summed E-state index contributed by atoms with van der Waals surface area (Å²) >= 11 is 1.45. The Balaban J connectivity index is 2.16. The lowest BCUT2D eigenvalue weighted by atomic mass is 10.0. The summed E-state index contributed by atoms with van der Waals surface area (Å²) in [5, 5.41) is 6.78. The van der Waals surface area contributed by atoms with E-state index in [1.54, 1.807) is 6.92 Å². The Kier molecular flexibility index (Phi) is 5.36. The van der Waals surface area contributed by atoms with E-state index in [0.29, 0.717) is 17.2 Å². The number of carbonyl (C=O) groups is 2. The quantitative estimate of drug-likeness (QED) is 0.820. The summed E-state index contributed by atoms with van der Waals surface area (Å²) in [6.45, 7) is 6.99. The van der Waals surface area contributed by atoms with Crippen LogP contribution in [-0.4, -0.2) is 31.1 Å². The summed E-state index contributed by atoms with van der Waals surface area (Å²) < 4.78 is 5.06. The van der Waals surface area contributed by atoms with Crippen molar-refractivity contribution < 1.29 is 14.3 Å². The molecule has 2 rings (SSSR count). The molecule has 6 heteroatoms. The molecule has 1 aliphatic rings. The lowest BCUT2D eigenvalue weighted by Crippen LogP contribution is -2.32. The molecular weight excluding hydrogens is 288 g/mol. The predicted octanol–water partition coefficient (Wildman–Crippen LogP) is 2.42. The molecular formula is C15H22N2O3S. The van der Waals surface area contributed by atoms with Crippen molar-refractivity contribution in [2.24, 2.45) is 5.92 Å². The zero-order valence-corrected chi connectivity index (χ0v) is 13.5. The summed E-state index contributed by atoms with van der Waals surface area (Å²) in [7, 11) is 0. The van der Waals surface area contributed by atoms with Crippen LogP contribution in [0, 0.1) is 5.92 Å². The Morgan fingerprint density at radius 3 is 2.81 bits per heavy atom. The number of carbonyl (C=O) groups excluding carboxylic acids is 2. The number of anilines is 1. The second-order valence-corrected chi connectivity index (χ2v) is 6.29. The molecule has 1 aromatic rings. The van der Waals surface area contributed by atoms with Crippen molar-refractivity contribution in [2.45, 2.75) is 39.7 Å². The molecule has 2 N–H and O–H groups in total. The van der Waals surface area contributed by atoms with E-state index in [-0.39, 0.29) is 23.8 Å².